The summed E-state index contributed by atoms with van der Waals surface area (Å²) in [6.07, 6.45) is -0.374. The maximum absolute atomic E-state index is 9.61. The van der Waals surface area contributed by atoms with Crippen molar-refractivity contribution in [3.05, 3.63) is 225 Å². The highest BCUT2D eigenvalue weighted by Gasteiger charge is 2.53. The first-order valence-corrected chi connectivity index (χ1v) is 18.8. The Hall–Kier alpha value is -6.09. The van der Waals surface area contributed by atoms with Gasteiger partial charge in [0.05, 0.1) is 35.5 Å². The number of benzene rings is 7. The van der Waals surface area contributed by atoms with Gasteiger partial charge in [0.2, 0.25) is 0 Å². The maximum atomic E-state index is 9.61. The first kappa shape index (κ1) is 32.6. The molecule has 1 fully saturated rings. The third kappa shape index (κ3) is 4.87. The van der Waals surface area contributed by atoms with Crippen molar-refractivity contribution >= 4 is 0 Å². The molecule has 1 saturated heterocycles. The van der Waals surface area contributed by atoms with Gasteiger partial charge in [0.25, 0.3) is 0 Å². The van der Waals surface area contributed by atoms with Crippen molar-refractivity contribution in [3.8, 4) is 28.3 Å². The first-order chi connectivity index (χ1) is 26.5. The molecule has 0 aromatic heterocycles. The van der Waals surface area contributed by atoms with Gasteiger partial charge in [-0.25, -0.2) is 0 Å². The quantitative estimate of drug-likeness (QED) is 0.171. The molecule has 2 aliphatic carbocycles. The van der Waals surface area contributed by atoms with Gasteiger partial charge in [0, 0.05) is 5.41 Å². The van der Waals surface area contributed by atoms with E-state index >= 15 is 0 Å². The summed E-state index contributed by atoms with van der Waals surface area (Å²) >= 11 is 0. The summed E-state index contributed by atoms with van der Waals surface area (Å²) in [4.78, 5) is 0. The summed E-state index contributed by atoms with van der Waals surface area (Å²) in [6.45, 7) is 4.74. The van der Waals surface area contributed by atoms with Crippen molar-refractivity contribution < 1.29 is 0 Å². The smallest absolute Gasteiger partial charge is 0.0991 e. The van der Waals surface area contributed by atoms with E-state index in [1.165, 1.54) is 55.6 Å². The first-order valence-electron chi connectivity index (χ1n) is 18.8. The van der Waals surface area contributed by atoms with Crippen LogP contribution in [0, 0.1) is 11.3 Å². The highest BCUT2D eigenvalue weighted by molar-refractivity contribution is 5.90. The summed E-state index contributed by atoms with van der Waals surface area (Å²) in [6, 6.07) is 63.9. The lowest BCUT2D eigenvalue weighted by molar-refractivity contribution is 0.203. The monoisotopic (exact) mass is 696 g/mol. The Kier molecular flexibility index (Phi) is 7.54. The van der Waals surface area contributed by atoms with Gasteiger partial charge < -0.3 is 0 Å². The predicted molar refractivity (Wildman–Crippen MR) is 217 cm³/mol. The molecular formula is C50H40N4. The average molecular weight is 697 g/mol. The van der Waals surface area contributed by atoms with E-state index in [0.29, 0.717) is 5.56 Å². The third-order valence-electron chi connectivity index (χ3n) is 12.1. The zero-order valence-electron chi connectivity index (χ0n) is 30.3. The number of nitriles is 1. The second kappa shape index (κ2) is 12.5. The van der Waals surface area contributed by atoms with Gasteiger partial charge in [-0.2, -0.15) is 5.26 Å². The van der Waals surface area contributed by atoms with Crippen LogP contribution in [0.3, 0.4) is 0 Å². The number of nitrogens with zero attached hydrogens (tertiary/aromatic N) is 1. The van der Waals surface area contributed by atoms with Gasteiger partial charge in [-0.1, -0.05) is 166 Å². The van der Waals surface area contributed by atoms with Crippen molar-refractivity contribution in [2.45, 2.75) is 43.2 Å². The Labute approximate surface area is 317 Å². The van der Waals surface area contributed by atoms with Gasteiger partial charge in [0.1, 0.15) is 0 Å². The normalized spacial score (nSPS) is 19.9. The number of hydrogen-bond acceptors (Lipinski definition) is 4. The fourth-order valence-corrected chi connectivity index (χ4v) is 9.56. The van der Waals surface area contributed by atoms with Crippen LogP contribution >= 0.6 is 0 Å². The van der Waals surface area contributed by atoms with Crippen LogP contribution < -0.4 is 16.0 Å². The van der Waals surface area contributed by atoms with Crippen LogP contribution in [0.5, 0.6) is 0 Å². The minimum Gasteiger partial charge on any atom is -0.279 e. The van der Waals surface area contributed by atoms with Gasteiger partial charge in [-0.05, 0) is 90.5 Å². The summed E-state index contributed by atoms with van der Waals surface area (Å²) in [5.74, 6) is 0. The maximum Gasteiger partial charge on any atom is 0.0991 e. The Bertz CT molecular complexity index is 2550. The zero-order valence-corrected chi connectivity index (χ0v) is 30.3. The molecule has 10 rings (SSSR count). The van der Waals surface area contributed by atoms with Gasteiger partial charge in [-0.3, -0.25) is 16.0 Å². The second-order valence-corrected chi connectivity index (χ2v) is 15.3. The zero-order chi connectivity index (χ0) is 36.4. The highest BCUT2D eigenvalue weighted by atomic mass is 15.4. The summed E-state index contributed by atoms with van der Waals surface area (Å²) in [7, 11) is 0. The Morgan fingerprint density at radius 3 is 1.57 bits per heavy atom. The van der Waals surface area contributed by atoms with Crippen molar-refractivity contribution in [1.82, 2.24) is 16.0 Å². The van der Waals surface area contributed by atoms with E-state index in [2.05, 4.69) is 181 Å². The molecule has 4 nitrogen and oxygen atoms in total. The van der Waals surface area contributed by atoms with Crippen LogP contribution in [0.2, 0.25) is 0 Å². The molecule has 260 valence electrons. The third-order valence-corrected chi connectivity index (χ3v) is 12.1. The molecule has 1 spiro atoms. The molecule has 3 atom stereocenters. The molecule has 0 saturated carbocycles. The van der Waals surface area contributed by atoms with E-state index in [4.69, 9.17) is 0 Å². The second-order valence-electron chi connectivity index (χ2n) is 15.3. The lowest BCUT2D eigenvalue weighted by atomic mass is 9.55. The average Bonchev–Trinajstić information content (AvgIpc) is 3.53. The van der Waals surface area contributed by atoms with E-state index in [-0.39, 0.29) is 23.9 Å². The lowest BCUT2D eigenvalue weighted by Crippen LogP contribution is -2.54. The minimum atomic E-state index is -0.419. The Balaban J connectivity index is 1.06. The number of hydrogen-bond donors (Lipinski definition) is 3. The van der Waals surface area contributed by atoms with E-state index in [1.807, 2.05) is 24.3 Å². The van der Waals surface area contributed by atoms with Crippen LogP contribution in [0.4, 0.5) is 0 Å². The van der Waals surface area contributed by atoms with E-state index in [9.17, 15) is 5.26 Å². The van der Waals surface area contributed by atoms with Crippen LogP contribution in [0.25, 0.3) is 22.3 Å². The molecule has 1 aliphatic heterocycles. The van der Waals surface area contributed by atoms with E-state index in [1.54, 1.807) is 0 Å². The summed E-state index contributed by atoms with van der Waals surface area (Å²) in [5, 5.41) is 20.9. The number of nitrogens with one attached hydrogen (secondary N) is 3. The van der Waals surface area contributed by atoms with Crippen molar-refractivity contribution in [3.63, 3.8) is 0 Å². The minimum absolute atomic E-state index is 0.0892. The lowest BCUT2D eigenvalue weighted by Gasteiger charge is -2.46. The highest BCUT2D eigenvalue weighted by Crippen LogP contribution is 2.62. The summed E-state index contributed by atoms with van der Waals surface area (Å²) < 4.78 is 0. The predicted octanol–water partition coefficient (Wildman–Crippen LogP) is 10.4. The molecule has 7 aromatic rings. The summed E-state index contributed by atoms with van der Waals surface area (Å²) in [5.41, 5.74) is 16.6. The fraction of sp³-hybridized carbons (Fsp3) is 0.140. The number of rotatable bonds is 4. The van der Waals surface area contributed by atoms with Crippen molar-refractivity contribution in [1.29, 1.82) is 5.26 Å². The molecule has 3 N–H and O–H groups in total. The Morgan fingerprint density at radius 1 is 0.426 bits per heavy atom. The van der Waals surface area contributed by atoms with Crippen LogP contribution in [-0.2, 0) is 10.8 Å². The molecule has 0 bridgehead atoms. The molecule has 3 unspecified atom stereocenters. The molecule has 7 aromatic carbocycles. The molecule has 3 aliphatic rings. The molecule has 1 heterocycles. The fourth-order valence-electron chi connectivity index (χ4n) is 9.56. The van der Waals surface area contributed by atoms with Gasteiger partial charge >= 0.3 is 0 Å². The van der Waals surface area contributed by atoms with Crippen LogP contribution in [0.15, 0.2) is 170 Å². The molecule has 0 amide bonds. The van der Waals surface area contributed by atoms with Crippen LogP contribution in [-0.4, -0.2) is 0 Å². The standard InChI is InChI=1S/C50H40N4/c1-49(2)41-19-8-10-21-43(41)50(44-22-11-9-20-42(44)49)40-18-7-6-17-38(40)39-28-27-36(30-45(39)50)33-23-25-35(26-24-33)47-52-46(34-14-4-3-5-15-34)53-48(54-47)37-16-12-13-32(29-37)31-51/h3-30,46-48,52-54H,1-2H3. The van der Waals surface area contributed by atoms with Crippen molar-refractivity contribution in [2.24, 2.45) is 0 Å². The molecular weight excluding hydrogens is 657 g/mol. The molecule has 54 heavy (non-hydrogen) atoms. The topological polar surface area (TPSA) is 59.9 Å². The SMILES string of the molecule is CC1(C)c2ccccc2C2(c3ccccc3-c3ccc(-c4ccc(C5NC(c6ccccc6)NC(c6cccc(C#N)c6)N5)cc4)cc32)c2ccccc21. The van der Waals surface area contributed by atoms with Crippen molar-refractivity contribution in [2.75, 3.05) is 0 Å². The van der Waals surface area contributed by atoms with Gasteiger partial charge in [0.15, 0.2) is 0 Å². The van der Waals surface area contributed by atoms with E-state index in [0.717, 1.165) is 16.7 Å². The van der Waals surface area contributed by atoms with E-state index < -0.39 is 5.41 Å². The number of fused-ring (bicyclic) bond motifs is 9. The van der Waals surface area contributed by atoms with Gasteiger partial charge in [-0.15, -0.1) is 0 Å². The Morgan fingerprint density at radius 2 is 0.926 bits per heavy atom. The molecule has 0 radical (unpaired) electrons. The van der Waals surface area contributed by atoms with Crippen LogP contribution in [0.1, 0.15) is 88.0 Å². The largest absolute Gasteiger partial charge is 0.279 e. The molecule has 4 heteroatoms.